The van der Waals surface area contributed by atoms with E-state index in [4.69, 9.17) is 14.2 Å². The van der Waals surface area contributed by atoms with Crippen molar-refractivity contribution in [2.75, 3.05) is 18.2 Å². The molecule has 188 valence electrons. The zero-order valence-corrected chi connectivity index (χ0v) is 20.9. The zero-order chi connectivity index (χ0) is 25.8. The van der Waals surface area contributed by atoms with Gasteiger partial charge in [0.2, 0.25) is 5.91 Å². The molecule has 3 aromatic carbocycles. The summed E-state index contributed by atoms with van der Waals surface area (Å²) in [5.74, 6) is -0.0884. The topological polar surface area (TPSA) is 103 Å². The van der Waals surface area contributed by atoms with E-state index in [2.05, 4.69) is 10.6 Å². The number of hydrogen-bond acceptors (Lipinski definition) is 7. The first kappa shape index (κ1) is 26.6. The number of methoxy groups -OCH3 is 1. The molecule has 0 aliphatic heterocycles. The molecule has 3 rings (SSSR count). The normalized spacial score (nSPS) is 11.2. The fourth-order valence-electron chi connectivity index (χ4n) is 3.15. The highest BCUT2D eigenvalue weighted by Gasteiger charge is 2.23. The largest absolute Gasteiger partial charge is 0.488 e. The summed E-state index contributed by atoms with van der Waals surface area (Å²) in [6.45, 7) is 1.84. The Bertz CT molecular complexity index is 1160. The minimum absolute atomic E-state index is 0.0734. The van der Waals surface area contributed by atoms with Crippen LogP contribution in [0.25, 0.3) is 0 Å². The number of amides is 2. The van der Waals surface area contributed by atoms with Crippen LogP contribution < -0.4 is 15.4 Å². The molecule has 0 aliphatic carbocycles. The highest BCUT2D eigenvalue weighted by atomic mass is 32.2. The summed E-state index contributed by atoms with van der Waals surface area (Å²) in [6, 6.07) is 23.2. The molecule has 0 radical (unpaired) electrons. The monoisotopic (exact) mass is 508 g/mol. The van der Waals surface area contributed by atoms with Gasteiger partial charge in [-0.15, -0.1) is 11.8 Å². The molecular formula is C27H28N2O6S. The Morgan fingerprint density at radius 1 is 0.889 bits per heavy atom. The van der Waals surface area contributed by atoms with E-state index in [0.29, 0.717) is 22.9 Å². The summed E-state index contributed by atoms with van der Waals surface area (Å²) in [5, 5.41) is 5.31. The van der Waals surface area contributed by atoms with Gasteiger partial charge >= 0.3 is 12.1 Å². The van der Waals surface area contributed by atoms with Crippen molar-refractivity contribution in [1.82, 2.24) is 5.32 Å². The van der Waals surface area contributed by atoms with Gasteiger partial charge < -0.3 is 24.8 Å². The predicted molar refractivity (Wildman–Crippen MR) is 138 cm³/mol. The van der Waals surface area contributed by atoms with E-state index < -0.39 is 18.1 Å². The Balaban J connectivity index is 1.68. The van der Waals surface area contributed by atoms with Crippen LogP contribution in [0.2, 0.25) is 0 Å². The van der Waals surface area contributed by atoms with Gasteiger partial charge in [-0.05, 0) is 29.3 Å². The third-order valence-corrected chi connectivity index (χ3v) is 6.03. The molecule has 36 heavy (non-hydrogen) atoms. The van der Waals surface area contributed by atoms with Crippen LogP contribution in [0, 0.1) is 0 Å². The number of benzene rings is 3. The highest BCUT2D eigenvalue weighted by molar-refractivity contribution is 7.99. The molecule has 0 heterocycles. The molecule has 2 amide bonds. The van der Waals surface area contributed by atoms with Gasteiger partial charge in [0.05, 0.1) is 12.0 Å². The summed E-state index contributed by atoms with van der Waals surface area (Å²) < 4.78 is 16.1. The second kappa shape index (κ2) is 13.8. The Labute approximate surface area is 214 Å². The second-order valence-electron chi connectivity index (χ2n) is 7.71. The van der Waals surface area contributed by atoms with Crippen LogP contribution in [0.15, 0.2) is 83.8 Å². The Kier molecular flexibility index (Phi) is 10.2. The summed E-state index contributed by atoms with van der Waals surface area (Å²) in [6.07, 6.45) is -0.734. The fourth-order valence-corrected chi connectivity index (χ4v) is 4.19. The van der Waals surface area contributed by atoms with E-state index in [1.807, 2.05) is 60.7 Å². The molecule has 2 N–H and O–H groups in total. The lowest BCUT2D eigenvalue weighted by molar-refractivity contribution is -0.142. The van der Waals surface area contributed by atoms with Crippen molar-refractivity contribution in [3.63, 3.8) is 0 Å². The molecule has 1 atom stereocenters. The third kappa shape index (κ3) is 8.66. The summed E-state index contributed by atoms with van der Waals surface area (Å²) in [5.41, 5.74) is 2.41. The number of alkyl carbamates (subject to hydrolysis) is 1. The quantitative estimate of drug-likeness (QED) is 0.284. The van der Waals surface area contributed by atoms with E-state index >= 15 is 0 Å². The van der Waals surface area contributed by atoms with Gasteiger partial charge in [-0.1, -0.05) is 60.7 Å². The lowest BCUT2D eigenvalue weighted by atomic mass is 10.2. The molecule has 0 spiro atoms. The van der Waals surface area contributed by atoms with Crippen molar-refractivity contribution >= 4 is 35.4 Å². The van der Waals surface area contributed by atoms with Crippen LogP contribution in [-0.2, 0) is 32.3 Å². The molecule has 8 nitrogen and oxygen atoms in total. The van der Waals surface area contributed by atoms with E-state index in [1.54, 1.807) is 18.2 Å². The van der Waals surface area contributed by atoms with Gasteiger partial charge in [-0.3, -0.25) is 4.79 Å². The van der Waals surface area contributed by atoms with Crippen LogP contribution in [0.4, 0.5) is 10.5 Å². The van der Waals surface area contributed by atoms with Crippen molar-refractivity contribution in [3.8, 4) is 5.75 Å². The Morgan fingerprint density at radius 2 is 1.53 bits per heavy atom. The van der Waals surface area contributed by atoms with Gasteiger partial charge in [0, 0.05) is 18.4 Å². The van der Waals surface area contributed by atoms with Gasteiger partial charge in [0.1, 0.15) is 25.0 Å². The summed E-state index contributed by atoms with van der Waals surface area (Å²) in [4.78, 5) is 36.9. The van der Waals surface area contributed by atoms with E-state index in [0.717, 1.165) is 11.1 Å². The Hall–Kier alpha value is -3.98. The SMILES string of the molecule is COC(=O)[C@@H](CSc1cc(NC(C)=O)ccc1OCc1ccccc1)NC(=O)OCc1ccccc1. The van der Waals surface area contributed by atoms with Crippen LogP contribution in [-0.4, -0.2) is 36.9 Å². The average molecular weight is 509 g/mol. The molecule has 0 bridgehead atoms. The van der Waals surface area contributed by atoms with E-state index in [1.165, 1.54) is 25.8 Å². The van der Waals surface area contributed by atoms with Crippen molar-refractivity contribution in [2.45, 2.75) is 31.1 Å². The third-order valence-electron chi connectivity index (χ3n) is 4.90. The Morgan fingerprint density at radius 3 is 2.14 bits per heavy atom. The second-order valence-corrected chi connectivity index (χ2v) is 8.77. The minimum Gasteiger partial charge on any atom is -0.488 e. The fraction of sp³-hybridized carbons (Fsp3) is 0.222. The lowest BCUT2D eigenvalue weighted by Gasteiger charge is -2.18. The lowest BCUT2D eigenvalue weighted by Crippen LogP contribution is -2.43. The molecule has 0 fully saturated rings. The summed E-state index contributed by atoms with van der Waals surface area (Å²) in [7, 11) is 1.25. The molecule has 9 heteroatoms. The van der Waals surface area contributed by atoms with Crippen LogP contribution in [0.5, 0.6) is 5.75 Å². The van der Waals surface area contributed by atoms with Crippen molar-refractivity contribution in [2.24, 2.45) is 0 Å². The smallest absolute Gasteiger partial charge is 0.408 e. The maximum Gasteiger partial charge on any atom is 0.408 e. The van der Waals surface area contributed by atoms with E-state index in [9.17, 15) is 14.4 Å². The standard InChI is InChI=1S/C27H28N2O6S/c1-19(30)28-22-13-14-24(34-16-20-9-5-3-6-10-20)25(15-22)36-18-23(26(31)33-2)29-27(32)35-17-21-11-7-4-8-12-21/h3-15,23H,16-18H2,1-2H3,(H,28,30)(H,29,32)/t23-/m1/s1. The van der Waals surface area contributed by atoms with Crippen molar-refractivity contribution in [1.29, 1.82) is 0 Å². The predicted octanol–water partition coefficient (Wildman–Crippen LogP) is 4.78. The first-order valence-electron chi connectivity index (χ1n) is 11.2. The number of ether oxygens (including phenoxy) is 3. The van der Waals surface area contributed by atoms with Crippen LogP contribution in [0.3, 0.4) is 0 Å². The minimum atomic E-state index is -0.963. The van der Waals surface area contributed by atoms with E-state index in [-0.39, 0.29) is 18.3 Å². The number of thioether (sulfide) groups is 1. The molecule has 0 unspecified atom stereocenters. The molecule has 0 saturated carbocycles. The van der Waals surface area contributed by atoms with Gasteiger partial charge in [0.15, 0.2) is 0 Å². The number of rotatable bonds is 11. The molecule has 0 aromatic heterocycles. The first-order chi connectivity index (χ1) is 17.4. The number of hydrogen-bond donors (Lipinski definition) is 2. The average Bonchev–Trinajstić information content (AvgIpc) is 2.89. The zero-order valence-electron chi connectivity index (χ0n) is 20.1. The van der Waals surface area contributed by atoms with Crippen molar-refractivity contribution in [3.05, 3.63) is 90.0 Å². The molecule has 0 saturated heterocycles. The number of carbonyl (C=O) groups is 3. The molecule has 3 aromatic rings. The van der Waals surface area contributed by atoms with Gasteiger partial charge in [-0.2, -0.15) is 0 Å². The van der Waals surface area contributed by atoms with Crippen LogP contribution >= 0.6 is 11.8 Å². The number of nitrogens with one attached hydrogen (secondary N) is 2. The van der Waals surface area contributed by atoms with Gasteiger partial charge in [-0.25, -0.2) is 9.59 Å². The molecule has 0 aliphatic rings. The van der Waals surface area contributed by atoms with Crippen LogP contribution in [0.1, 0.15) is 18.1 Å². The number of esters is 1. The number of anilines is 1. The van der Waals surface area contributed by atoms with Gasteiger partial charge in [0.25, 0.3) is 0 Å². The maximum atomic E-state index is 12.4. The molecular weight excluding hydrogens is 480 g/mol. The number of carbonyl (C=O) groups excluding carboxylic acids is 3. The maximum absolute atomic E-state index is 12.4. The first-order valence-corrected chi connectivity index (χ1v) is 12.2. The summed E-state index contributed by atoms with van der Waals surface area (Å²) >= 11 is 1.28. The van der Waals surface area contributed by atoms with Crippen molar-refractivity contribution < 1.29 is 28.6 Å². The highest BCUT2D eigenvalue weighted by Crippen LogP contribution is 2.33.